The van der Waals surface area contributed by atoms with Gasteiger partial charge in [-0.05, 0) is 37.1 Å². The molecule has 10 heteroatoms. The van der Waals surface area contributed by atoms with Gasteiger partial charge in [0.25, 0.3) is 11.5 Å². The van der Waals surface area contributed by atoms with Crippen LogP contribution in [0.2, 0.25) is 0 Å². The molecule has 0 aliphatic carbocycles. The predicted octanol–water partition coefficient (Wildman–Crippen LogP) is 4.18. The summed E-state index contributed by atoms with van der Waals surface area (Å²) in [4.78, 5) is 31.6. The number of benzene rings is 2. The molecule has 176 valence electrons. The summed E-state index contributed by atoms with van der Waals surface area (Å²) in [7, 11) is 1.33. The monoisotopic (exact) mass is 470 g/mol. The molecular weight excluding hydrogens is 449 g/mol. The van der Waals surface area contributed by atoms with Crippen molar-refractivity contribution < 1.29 is 22.4 Å². The molecule has 1 amide bonds. The number of fused-ring (bicyclic) bond motifs is 2. The Bertz CT molecular complexity index is 1450. The second-order valence-corrected chi connectivity index (χ2v) is 8.46. The first kappa shape index (κ1) is 22.0. The molecule has 0 saturated carbocycles. The van der Waals surface area contributed by atoms with E-state index in [-0.39, 0.29) is 22.7 Å². The van der Waals surface area contributed by atoms with Gasteiger partial charge in [-0.1, -0.05) is 18.2 Å². The van der Waals surface area contributed by atoms with Crippen molar-refractivity contribution in [2.45, 2.75) is 24.9 Å². The number of aryl methyl sites for hydroxylation is 1. The highest BCUT2D eigenvalue weighted by atomic mass is 19.4. The molecule has 1 aliphatic heterocycles. The van der Waals surface area contributed by atoms with Gasteiger partial charge >= 0.3 is 6.18 Å². The predicted molar refractivity (Wildman–Crippen MR) is 121 cm³/mol. The number of alkyl halides is 3. The highest BCUT2D eigenvalue weighted by molar-refractivity contribution is 6.07. The maximum absolute atomic E-state index is 13.3. The number of hydrogen-bond acceptors (Lipinski definition) is 5. The van der Waals surface area contributed by atoms with Crippen LogP contribution in [-0.4, -0.2) is 28.5 Å². The van der Waals surface area contributed by atoms with Crippen LogP contribution >= 0.6 is 0 Å². The van der Waals surface area contributed by atoms with E-state index < -0.39 is 23.2 Å². The van der Waals surface area contributed by atoms with Gasteiger partial charge in [-0.3, -0.25) is 9.59 Å². The normalized spacial score (nSPS) is 15.4. The number of carbonyl (C=O) groups is 1. The molecule has 2 N–H and O–H groups in total. The molecule has 0 atom stereocenters. The van der Waals surface area contributed by atoms with Gasteiger partial charge in [0.2, 0.25) is 0 Å². The van der Waals surface area contributed by atoms with Crippen molar-refractivity contribution in [1.82, 2.24) is 9.55 Å². The first-order valence-electron chi connectivity index (χ1n) is 10.8. The minimum absolute atomic E-state index is 0.0373. The zero-order valence-corrected chi connectivity index (χ0v) is 18.2. The number of pyridine rings is 1. The number of primary amides is 1. The molecule has 4 aromatic rings. The minimum Gasteiger partial charge on any atom is -0.440 e. The van der Waals surface area contributed by atoms with E-state index in [0.29, 0.717) is 42.8 Å². The number of amides is 1. The minimum atomic E-state index is -4.56. The van der Waals surface area contributed by atoms with Crippen molar-refractivity contribution >= 4 is 33.6 Å². The zero-order valence-electron chi connectivity index (χ0n) is 18.2. The van der Waals surface area contributed by atoms with E-state index >= 15 is 0 Å². The quantitative estimate of drug-likeness (QED) is 0.485. The number of aromatic nitrogens is 2. The third-order valence-corrected chi connectivity index (χ3v) is 6.41. The second-order valence-electron chi connectivity index (χ2n) is 8.46. The van der Waals surface area contributed by atoms with Gasteiger partial charge in [0, 0.05) is 31.4 Å². The number of nitrogens with two attached hydrogens (primary N) is 1. The Morgan fingerprint density at radius 1 is 1.15 bits per heavy atom. The third kappa shape index (κ3) is 3.59. The van der Waals surface area contributed by atoms with E-state index in [1.54, 1.807) is 0 Å². The van der Waals surface area contributed by atoms with Crippen LogP contribution < -0.4 is 16.2 Å². The highest BCUT2D eigenvalue weighted by Gasteiger charge is 2.33. The van der Waals surface area contributed by atoms with Crippen LogP contribution in [0.4, 0.5) is 18.9 Å². The van der Waals surface area contributed by atoms with Crippen LogP contribution in [0.1, 0.15) is 40.6 Å². The Kier molecular flexibility index (Phi) is 5.11. The molecular formula is C24H21F3N4O3. The zero-order chi connectivity index (χ0) is 24.2. The Hall–Kier alpha value is -3.82. The Morgan fingerprint density at radius 2 is 1.85 bits per heavy atom. The van der Waals surface area contributed by atoms with E-state index in [1.807, 2.05) is 29.2 Å². The highest BCUT2D eigenvalue weighted by Crippen LogP contribution is 2.38. The van der Waals surface area contributed by atoms with E-state index in [2.05, 4.69) is 4.98 Å². The number of oxazole rings is 1. The van der Waals surface area contributed by atoms with Gasteiger partial charge in [0.1, 0.15) is 11.1 Å². The lowest BCUT2D eigenvalue weighted by molar-refractivity contribution is -0.137. The fourth-order valence-corrected chi connectivity index (χ4v) is 4.66. The van der Waals surface area contributed by atoms with Crippen molar-refractivity contribution in [3.8, 4) is 0 Å². The third-order valence-electron chi connectivity index (χ3n) is 6.41. The largest absolute Gasteiger partial charge is 0.440 e. The first-order chi connectivity index (χ1) is 16.1. The Labute approximate surface area is 191 Å². The standard InChI is InChI=1S/C24H21F3N4O3/c1-30-17-12-14(24(25,26)27)6-7-15(17)20(19(21(28)32)23(30)33)31-10-8-13(9-11-31)22-29-16-4-2-3-5-18(16)34-22/h2-7,12-13H,8-11H2,1H3,(H2,28,32). The van der Waals surface area contributed by atoms with E-state index in [9.17, 15) is 22.8 Å². The molecule has 7 nitrogen and oxygen atoms in total. The average Bonchev–Trinajstić information content (AvgIpc) is 3.24. The molecule has 2 aromatic carbocycles. The summed E-state index contributed by atoms with van der Waals surface area (Å²) in [5, 5.41) is 0.365. The number of anilines is 1. The van der Waals surface area contributed by atoms with Crippen molar-refractivity contribution in [1.29, 1.82) is 0 Å². The molecule has 0 radical (unpaired) electrons. The van der Waals surface area contributed by atoms with E-state index in [1.165, 1.54) is 13.1 Å². The summed E-state index contributed by atoms with van der Waals surface area (Å²) in [5.41, 5.74) is 5.57. The molecule has 1 saturated heterocycles. The molecule has 5 rings (SSSR count). The summed E-state index contributed by atoms with van der Waals surface area (Å²) in [6, 6.07) is 10.7. The number of nitrogens with zero attached hydrogens (tertiary/aromatic N) is 3. The lowest BCUT2D eigenvalue weighted by atomic mass is 9.95. The maximum atomic E-state index is 13.3. The lowest BCUT2D eigenvalue weighted by Crippen LogP contribution is -2.38. The number of rotatable bonds is 3. The molecule has 34 heavy (non-hydrogen) atoms. The molecule has 0 spiro atoms. The summed E-state index contributed by atoms with van der Waals surface area (Å²) in [5.74, 6) is -0.256. The van der Waals surface area contributed by atoms with Gasteiger partial charge in [0.05, 0.1) is 16.8 Å². The Morgan fingerprint density at radius 3 is 2.50 bits per heavy atom. The van der Waals surface area contributed by atoms with E-state index in [4.69, 9.17) is 10.2 Å². The van der Waals surface area contributed by atoms with Crippen LogP contribution in [0.3, 0.4) is 0 Å². The maximum Gasteiger partial charge on any atom is 0.416 e. The Balaban J connectivity index is 1.55. The summed E-state index contributed by atoms with van der Waals surface area (Å²) in [6.45, 7) is 0.903. The number of para-hydroxylation sites is 2. The summed E-state index contributed by atoms with van der Waals surface area (Å²) < 4.78 is 46.9. The van der Waals surface area contributed by atoms with E-state index in [0.717, 1.165) is 22.2 Å². The summed E-state index contributed by atoms with van der Waals surface area (Å²) in [6.07, 6.45) is -3.31. The number of halogens is 3. The molecule has 2 aromatic heterocycles. The number of carbonyl (C=O) groups excluding carboxylic acids is 1. The van der Waals surface area contributed by atoms with Gasteiger partial charge in [-0.25, -0.2) is 4.98 Å². The van der Waals surface area contributed by atoms with Crippen molar-refractivity contribution in [2.24, 2.45) is 12.8 Å². The van der Waals surface area contributed by atoms with Gasteiger partial charge < -0.3 is 19.6 Å². The topological polar surface area (TPSA) is 94.4 Å². The van der Waals surface area contributed by atoms with Crippen LogP contribution in [0.15, 0.2) is 51.7 Å². The fraction of sp³-hybridized carbons (Fsp3) is 0.292. The second kappa shape index (κ2) is 7.89. The van der Waals surface area contributed by atoms with Gasteiger partial charge in [0.15, 0.2) is 11.5 Å². The lowest BCUT2D eigenvalue weighted by Gasteiger charge is -2.34. The van der Waals surface area contributed by atoms with Crippen LogP contribution in [-0.2, 0) is 13.2 Å². The number of piperidine rings is 1. The smallest absolute Gasteiger partial charge is 0.416 e. The van der Waals surface area contributed by atoms with Crippen molar-refractivity contribution in [2.75, 3.05) is 18.0 Å². The first-order valence-corrected chi connectivity index (χ1v) is 10.8. The van der Waals surface area contributed by atoms with Gasteiger partial charge in [-0.2, -0.15) is 13.2 Å². The fourth-order valence-electron chi connectivity index (χ4n) is 4.66. The van der Waals surface area contributed by atoms with Gasteiger partial charge in [-0.15, -0.1) is 0 Å². The van der Waals surface area contributed by atoms with Crippen LogP contribution in [0, 0.1) is 0 Å². The average molecular weight is 470 g/mol. The molecule has 0 bridgehead atoms. The van der Waals surface area contributed by atoms with Crippen LogP contribution in [0.25, 0.3) is 22.0 Å². The molecule has 3 heterocycles. The molecule has 1 aliphatic rings. The molecule has 1 fully saturated rings. The van der Waals surface area contributed by atoms with Crippen molar-refractivity contribution in [3.05, 3.63) is 69.8 Å². The van der Waals surface area contributed by atoms with Crippen molar-refractivity contribution in [3.63, 3.8) is 0 Å². The summed E-state index contributed by atoms with van der Waals surface area (Å²) >= 11 is 0. The molecule has 0 unspecified atom stereocenters. The van der Waals surface area contributed by atoms with Crippen LogP contribution in [0.5, 0.6) is 0 Å². The number of hydrogen-bond donors (Lipinski definition) is 1. The SMILES string of the molecule is Cn1c(=O)c(C(N)=O)c(N2CCC(c3nc4ccccc4o3)CC2)c2ccc(C(F)(F)F)cc21.